The molecule has 11 heteroatoms. The van der Waals surface area contributed by atoms with Crippen molar-refractivity contribution in [3.63, 3.8) is 0 Å². The Balaban J connectivity index is 1.63. The summed E-state index contributed by atoms with van der Waals surface area (Å²) in [6.45, 7) is 1.05. The minimum absolute atomic E-state index is 0.0879. The Morgan fingerprint density at radius 2 is 1.76 bits per heavy atom. The normalized spacial score (nSPS) is 15.8. The van der Waals surface area contributed by atoms with Crippen LogP contribution >= 0.6 is 11.6 Å². The van der Waals surface area contributed by atoms with Crippen LogP contribution in [-0.2, 0) is 14.8 Å². The molecule has 9 nitrogen and oxygen atoms in total. The number of para-hydroxylation sites is 1. The van der Waals surface area contributed by atoms with E-state index in [1.54, 1.807) is 12.1 Å². The van der Waals surface area contributed by atoms with Crippen molar-refractivity contribution in [3.05, 3.63) is 63.7 Å². The SMILES string of the molecule is O=C(CN1CCN(S(=O)(=O)c2ccc(Cl)cc2[N+](=O)[O-])CC1)Nc1ccccc1. The maximum atomic E-state index is 12.9. The first-order chi connectivity index (χ1) is 13.8. The van der Waals surface area contributed by atoms with E-state index in [0.29, 0.717) is 18.8 Å². The summed E-state index contributed by atoms with van der Waals surface area (Å²) >= 11 is 5.76. The van der Waals surface area contributed by atoms with Gasteiger partial charge in [0.25, 0.3) is 5.69 Å². The van der Waals surface area contributed by atoms with Gasteiger partial charge in [-0.05, 0) is 24.3 Å². The third-order valence-corrected chi connectivity index (χ3v) is 6.67. The van der Waals surface area contributed by atoms with E-state index >= 15 is 0 Å². The van der Waals surface area contributed by atoms with Gasteiger partial charge in [-0.3, -0.25) is 19.8 Å². The number of nitrogens with zero attached hydrogens (tertiary/aromatic N) is 3. The van der Waals surface area contributed by atoms with Crippen molar-refractivity contribution in [1.29, 1.82) is 0 Å². The molecule has 0 atom stereocenters. The first-order valence-electron chi connectivity index (χ1n) is 8.79. The number of nitro benzene ring substituents is 1. The standard InChI is InChI=1S/C18H19ClN4O5S/c19-14-6-7-17(16(12-14)23(25)26)29(27,28)22-10-8-21(9-11-22)13-18(24)20-15-4-2-1-3-5-15/h1-7,12H,8-11,13H2,(H,20,24). The predicted molar refractivity (Wildman–Crippen MR) is 108 cm³/mol. The van der Waals surface area contributed by atoms with Gasteiger partial charge in [0.2, 0.25) is 15.9 Å². The van der Waals surface area contributed by atoms with Gasteiger partial charge in [0.15, 0.2) is 4.90 Å². The van der Waals surface area contributed by atoms with Crippen LogP contribution < -0.4 is 5.32 Å². The molecule has 2 aromatic rings. The maximum absolute atomic E-state index is 12.9. The second-order valence-electron chi connectivity index (χ2n) is 6.46. The number of benzene rings is 2. The van der Waals surface area contributed by atoms with Crippen LogP contribution in [0.3, 0.4) is 0 Å². The second kappa shape index (κ2) is 8.87. The Kier molecular flexibility index (Phi) is 6.48. The molecule has 0 radical (unpaired) electrons. The molecule has 1 amide bonds. The van der Waals surface area contributed by atoms with Crippen molar-refractivity contribution in [3.8, 4) is 0 Å². The molecular formula is C18H19ClN4O5S. The monoisotopic (exact) mass is 438 g/mol. The molecule has 1 aliphatic heterocycles. The summed E-state index contributed by atoms with van der Waals surface area (Å²) in [5.74, 6) is -0.194. The number of rotatable bonds is 6. The van der Waals surface area contributed by atoms with Crippen LogP contribution in [0.15, 0.2) is 53.4 Å². The molecular weight excluding hydrogens is 420 g/mol. The molecule has 0 aromatic heterocycles. The lowest BCUT2D eigenvalue weighted by atomic mass is 10.3. The van der Waals surface area contributed by atoms with Gasteiger partial charge < -0.3 is 5.32 Å². The van der Waals surface area contributed by atoms with Crippen LogP contribution in [0, 0.1) is 10.1 Å². The summed E-state index contributed by atoms with van der Waals surface area (Å²) in [7, 11) is -4.05. The van der Waals surface area contributed by atoms with Crippen LogP contribution in [0.25, 0.3) is 0 Å². The topological polar surface area (TPSA) is 113 Å². The summed E-state index contributed by atoms with van der Waals surface area (Å²) in [5.41, 5.74) is 0.135. The van der Waals surface area contributed by atoms with Gasteiger partial charge in [-0.25, -0.2) is 8.42 Å². The zero-order chi connectivity index (χ0) is 21.0. The van der Waals surface area contributed by atoms with E-state index < -0.39 is 20.6 Å². The van der Waals surface area contributed by atoms with Crippen LogP contribution in [0.2, 0.25) is 5.02 Å². The van der Waals surface area contributed by atoms with E-state index in [2.05, 4.69) is 5.32 Å². The molecule has 0 bridgehead atoms. The van der Waals surface area contributed by atoms with Gasteiger partial charge in [-0.15, -0.1) is 0 Å². The molecule has 29 heavy (non-hydrogen) atoms. The number of amides is 1. The van der Waals surface area contributed by atoms with Crippen molar-refractivity contribution in [2.24, 2.45) is 0 Å². The smallest absolute Gasteiger partial charge is 0.290 e. The number of piperazine rings is 1. The van der Waals surface area contributed by atoms with Crippen LogP contribution in [0.5, 0.6) is 0 Å². The minimum Gasteiger partial charge on any atom is -0.325 e. The molecule has 154 valence electrons. The van der Waals surface area contributed by atoms with Crippen LogP contribution in [0.1, 0.15) is 0 Å². The van der Waals surface area contributed by atoms with Gasteiger partial charge in [0.05, 0.1) is 11.5 Å². The number of nitro groups is 1. The Bertz CT molecular complexity index is 1010. The summed E-state index contributed by atoms with van der Waals surface area (Å²) in [6, 6.07) is 12.5. The summed E-state index contributed by atoms with van der Waals surface area (Å²) in [6.07, 6.45) is 0. The lowest BCUT2D eigenvalue weighted by molar-refractivity contribution is -0.387. The fourth-order valence-corrected chi connectivity index (χ4v) is 4.77. The van der Waals surface area contributed by atoms with Crippen molar-refractivity contribution in [2.45, 2.75) is 4.90 Å². The number of carbonyl (C=O) groups is 1. The number of hydrogen-bond donors (Lipinski definition) is 1. The number of carbonyl (C=O) groups excluding carboxylic acids is 1. The molecule has 1 heterocycles. The lowest BCUT2D eigenvalue weighted by Crippen LogP contribution is -2.50. The fourth-order valence-electron chi connectivity index (χ4n) is 3.04. The fraction of sp³-hybridized carbons (Fsp3) is 0.278. The van der Waals surface area contributed by atoms with E-state index in [1.165, 1.54) is 10.4 Å². The third kappa shape index (κ3) is 5.10. The molecule has 1 saturated heterocycles. The number of halogens is 1. The molecule has 0 saturated carbocycles. The Hall–Kier alpha value is -2.53. The van der Waals surface area contributed by atoms with Crippen molar-refractivity contribution in [2.75, 3.05) is 38.0 Å². The number of hydrogen-bond acceptors (Lipinski definition) is 6. The highest BCUT2D eigenvalue weighted by atomic mass is 35.5. The van der Waals surface area contributed by atoms with E-state index in [9.17, 15) is 23.3 Å². The van der Waals surface area contributed by atoms with Crippen LogP contribution in [0.4, 0.5) is 11.4 Å². The second-order valence-corrected chi connectivity index (χ2v) is 8.81. The van der Waals surface area contributed by atoms with Crippen LogP contribution in [-0.4, -0.2) is 61.2 Å². The summed E-state index contributed by atoms with van der Waals surface area (Å²) in [4.78, 5) is 24.1. The van der Waals surface area contributed by atoms with Crippen molar-refractivity contribution < 1.29 is 18.1 Å². The summed E-state index contributed by atoms with van der Waals surface area (Å²) in [5, 5.41) is 14.1. The molecule has 1 N–H and O–H groups in total. The molecule has 1 fully saturated rings. The zero-order valence-corrected chi connectivity index (χ0v) is 16.9. The van der Waals surface area contributed by atoms with E-state index in [0.717, 1.165) is 12.1 Å². The highest BCUT2D eigenvalue weighted by Gasteiger charge is 2.34. The molecule has 1 aliphatic rings. The lowest BCUT2D eigenvalue weighted by Gasteiger charge is -2.33. The Morgan fingerprint density at radius 1 is 1.10 bits per heavy atom. The quantitative estimate of drug-likeness (QED) is 0.546. The first-order valence-corrected chi connectivity index (χ1v) is 10.6. The molecule has 0 unspecified atom stereocenters. The summed E-state index contributed by atoms with van der Waals surface area (Å²) < 4.78 is 26.9. The van der Waals surface area contributed by atoms with Gasteiger partial charge in [-0.1, -0.05) is 29.8 Å². The van der Waals surface area contributed by atoms with Crippen molar-refractivity contribution >= 4 is 38.9 Å². The molecule has 0 aliphatic carbocycles. The zero-order valence-electron chi connectivity index (χ0n) is 15.3. The van der Waals surface area contributed by atoms with Crippen molar-refractivity contribution in [1.82, 2.24) is 9.21 Å². The number of nitrogens with one attached hydrogen (secondary N) is 1. The van der Waals surface area contributed by atoms with Gasteiger partial charge in [0.1, 0.15) is 0 Å². The average Bonchev–Trinajstić information content (AvgIpc) is 2.68. The van der Waals surface area contributed by atoms with Gasteiger partial charge in [-0.2, -0.15) is 4.31 Å². The molecule has 0 spiro atoms. The van der Waals surface area contributed by atoms with E-state index in [4.69, 9.17) is 11.6 Å². The highest BCUT2D eigenvalue weighted by Crippen LogP contribution is 2.30. The van der Waals surface area contributed by atoms with E-state index in [1.807, 2.05) is 23.1 Å². The number of anilines is 1. The first kappa shape index (κ1) is 21.2. The van der Waals surface area contributed by atoms with Gasteiger partial charge in [0, 0.05) is 43.0 Å². The molecule has 2 aromatic carbocycles. The average molecular weight is 439 g/mol. The number of sulfonamides is 1. The third-order valence-electron chi connectivity index (χ3n) is 4.49. The predicted octanol–water partition coefficient (Wildman–Crippen LogP) is 2.19. The Labute approximate surface area is 173 Å². The molecule has 3 rings (SSSR count). The Morgan fingerprint density at radius 3 is 2.38 bits per heavy atom. The minimum atomic E-state index is -4.05. The highest BCUT2D eigenvalue weighted by molar-refractivity contribution is 7.89. The largest absolute Gasteiger partial charge is 0.325 e. The van der Waals surface area contributed by atoms with E-state index in [-0.39, 0.29) is 35.5 Å². The van der Waals surface area contributed by atoms with Gasteiger partial charge >= 0.3 is 0 Å². The maximum Gasteiger partial charge on any atom is 0.290 e.